The molecule has 7 heteroatoms. The topological polar surface area (TPSA) is 67.4 Å². The van der Waals surface area contributed by atoms with Gasteiger partial charge in [0.15, 0.2) is 0 Å². The largest absolute Gasteiger partial charge is 0.379 e. The van der Waals surface area contributed by atoms with Crippen molar-refractivity contribution in [2.75, 3.05) is 19.8 Å². The van der Waals surface area contributed by atoms with Crippen LogP contribution in [-0.2, 0) is 21.3 Å². The summed E-state index contributed by atoms with van der Waals surface area (Å²) in [6, 6.07) is 1.78. The summed E-state index contributed by atoms with van der Waals surface area (Å²) in [5.41, 5.74) is -0.492. The summed E-state index contributed by atoms with van der Waals surface area (Å²) in [7, 11) is -3.49. The fourth-order valence-corrected chi connectivity index (χ4v) is 5.42. The van der Waals surface area contributed by atoms with Gasteiger partial charge >= 0.3 is 0 Å². The van der Waals surface area contributed by atoms with Gasteiger partial charge in [-0.2, -0.15) is 0 Å². The molecule has 120 valence electrons. The van der Waals surface area contributed by atoms with Crippen LogP contribution in [0.5, 0.6) is 0 Å². The average molecular weight is 332 g/mol. The Hall–Kier alpha value is -0.470. The van der Waals surface area contributed by atoms with Crippen LogP contribution in [0.4, 0.5) is 0 Å². The molecule has 21 heavy (non-hydrogen) atoms. The summed E-state index contributed by atoms with van der Waals surface area (Å²) in [5.74, 6) is 0. The lowest BCUT2D eigenvalue weighted by molar-refractivity contribution is 0.178. The van der Waals surface area contributed by atoms with E-state index in [1.54, 1.807) is 6.07 Å². The third-order valence-corrected chi connectivity index (χ3v) is 6.48. The van der Waals surface area contributed by atoms with Gasteiger partial charge in [0, 0.05) is 22.9 Å². The summed E-state index contributed by atoms with van der Waals surface area (Å²) in [5, 5.41) is 3.30. The van der Waals surface area contributed by atoms with E-state index in [2.05, 4.69) is 17.0 Å². The van der Waals surface area contributed by atoms with Crippen LogP contribution in [0.1, 0.15) is 36.4 Å². The van der Waals surface area contributed by atoms with Gasteiger partial charge in [-0.1, -0.05) is 6.92 Å². The number of hydrogen-bond donors (Lipinski definition) is 2. The van der Waals surface area contributed by atoms with Crippen molar-refractivity contribution < 1.29 is 13.2 Å². The highest BCUT2D eigenvalue weighted by Gasteiger charge is 2.35. The minimum Gasteiger partial charge on any atom is -0.379 e. The maximum atomic E-state index is 12.6. The highest BCUT2D eigenvalue weighted by atomic mass is 32.2. The first-order valence-electron chi connectivity index (χ1n) is 7.28. The Morgan fingerprint density at radius 1 is 1.48 bits per heavy atom. The molecule has 1 aromatic heterocycles. The van der Waals surface area contributed by atoms with E-state index in [-0.39, 0.29) is 0 Å². The summed E-state index contributed by atoms with van der Waals surface area (Å²) in [6.45, 7) is 8.55. The molecule has 1 aromatic rings. The number of sulfonamides is 1. The second-order valence-corrected chi connectivity index (χ2v) is 8.77. The van der Waals surface area contributed by atoms with E-state index in [0.717, 1.165) is 29.3 Å². The molecule has 2 N–H and O–H groups in total. The molecule has 5 nitrogen and oxygen atoms in total. The molecule has 1 saturated heterocycles. The maximum Gasteiger partial charge on any atom is 0.242 e. The summed E-state index contributed by atoms with van der Waals surface area (Å²) in [4.78, 5) is 2.28. The van der Waals surface area contributed by atoms with Crippen molar-refractivity contribution in [1.82, 2.24) is 10.0 Å². The van der Waals surface area contributed by atoms with Crippen molar-refractivity contribution in [2.24, 2.45) is 0 Å². The Balaban J connectivity index is 2.12. The van der Waals surface area contributed by atoms with E-state index < -0.39 is 15.6 Å². The van der Waals surface area contributed by atoms with Gasteiger partial charge in [0.1, 0.15) is 0 Å². The number of rotatable bonds is 7. The monoisotopic (exact) mass is 332 g/mol. The minimum absolute atomic E-state index is 0.397. The van der Waals surface area contributed by atoms with Crippen LogP contribution in [0.2, 0.25) is 0 Å². The van der Waals surface area contributed by atoms with Gasteiger partial charge < -0.3 is 10.1 Å². The van der Waals surface area contributed by atoms with E-state index in [9.17, 15) is 8.42 Å². The van der Waals surface area contributed by atoms with Gasteiger partial charge in [-0.3, -0.25) is 0 Å². The first-order chi connectivity index (χ1) is 9.86. The molecule has 1 aliphatic heterocycles. The van der Waals surface area contributed by atoms with Gasteiger partial charge in [-0.05, 0) is 39.3 Å². The fraction of sp³-hybridized carbons (Fsp3) is 0.714. The normalized spacial score (nSPS) is 22.8. The van der Waals surface area contributed by atoms with Crippen LogP contribution in [0.3, 0.4) is 0 Å². The number of nitrogens with one attached hydrogen (secondary N) is 2. The van der Waals surface area contributed by atoms with Crippen LogP contribution in [0.25, 0.3) is 0 Å². The molecule has 2 rings (SSSR count). The molecule has 1 aliphatic rings. The fourth-order valence-electron chi connectivity index (χ4n) is 2.39. The third-order valence-electron chi connectivity index (χ3n) is 3.54. The minimum atomic E-state index is -3.49. The van der Waals surface area contributed by atoms with Crippen molar-refractivity contribution in [2.45, 2.75) is 50.6 Å². The molecular weight excluding hydrogens is 308 g/mol. The highest BCUT2D eigenvalue weighted by Crippen LogP contribution is 2.28. The van der Waals surface area contributed by atoms with Gasteiger partial charge in [-0.15, -0.1) is 11.3 Å². The SMILES string of the molecule is CCCNCc1cc(S(=O)(=O)NC2(C)CCOC2)c(C)s1. The van der Waals surface area contributed by atoms with E-state index in [4.69, 9.17) is 4.74 Å². The maximum absolute atomic E-state index is 12.6. The molecule has 1 unspecified atom stereocenters. The lowest BCUT2D eigenvalue weighted by Gasteiger charge is -2.23. The van der Waals surface area contributed by atoms with E-state index in [1.165, 1.54) is 11.3 Å². The molecule has 0 radical (unpaired) electrons. The molecule has 0 aromatic carbocycles. The zero-order valence-corrected chi connectivity index (χ0v) is 14.5. The molecule has 0 aliphatic carbocycles. The molecule has 0 bridgehead atoms. The lowest BCUT2D eigenvalue weighted by atomic mass is 10.0. The van der Waals surface area contributed by atoms with Crippen LogP contribution < -0.4 is 10.0 Å². The second kappa shape index (κ2) is 6.75. The first-order valence-corrected chi connectivity index (χ1v) is 9.58. The van der Waals surface area contributed by atoms with E-state index in [1.807, 2.05) is 13.8 Å². The summed E-state index contributed by atoms with van der Waals surface area (Å²) in [6.07, 6.45) is 1.77. The predicted octanol–water partition coefficient (Wildman–Crippen LogP) is 2.01. The Kier molecular flexibility index (Phi) is 5.43. The first kappa shape index (κ1) is 16.9. The number of thiophene rings is 1. The van der Waals surface area contributed by atoms with Crippen molar-refractivity contribution >= 4 is 21.4 Å². The summed E-state index contributed by atoms with van der Waals surface area (Å²) >= 11 is 1.54. The quantitative estimate of drug-likeness (QED) is 0.750. The van der Waals surface area contributed by atoms with Crippen LogP contribution in [0.15, 0.2) is 11.0 Å². The van der Waals surface area contributed by atoms with Gasteiger partial charge in [0.05, 0.1) is 17.0 Å². The Labute approximate surface area is 131 Å². The van der Waals surface area contributed by atoms with Crippen LogP contribution in [0, 0.1) is 6.92 Å². The molecule has 2 heterocycles. The molecule has 0 saturated carbocycles. The molecule has 1 atom stereocenters. The Morgan fingerprint density at radius 3 is 2.86 bits per heavy atom. The van der Waals surface area contributed by atoms with Crippen LogP contribution in [-0.4, -0.2) is 33.7 Å². The number of hydrogen-bond acceptors (Lipinski definition) is 5. The third kappa shape index (κ3) is 4.26. The van der Waals surface area contributed by atoms with Gasteiger partial charge in [-0.25, -0.2) is 13.1 Å². The Bertz CT molecular complexity index is 575. The molecular formula is C14H24N2O3S2. The lowest BCUT2D eigenvalue weighted by Crippen LogP contribution is -2.46. The molecule has 0 spiro atoms. The van der Waals surface area contributed by atoms with Gasteiger partial charge in [0.25, 0.3) is 0 Å². The molecule has 1 fully saturated rings. The Morgan fingerprint density at radius 2 is 2.24 bits per heavy atom. The zero-order chi connectivity index (χ0) is 15.5. The van der Waals surface area contributed by atoms with Crippen LogP contribution >= 0.6 is 11.3 Å². The summed E-state index contributed by atoms with van der Waals surface area (Å²) < 4.78 is 33.3. The number of aryl methyl sites for hydroxylation is 1. The standard InChI is InChI=1S/C14H24N2O3S2/c1-4-6-15-9-12-8-13(11(2)20-12)21(17,18)16-14(3)5-7-19-10-14/h8,15-16H,4-7,9-10H2,1-3H3. The van der Waals surface area contributed by atoms with Crippen molar-refractivity contribution in [3.8, 4) is 0 Å². The number of ether oxygens (including phenoxy) is 1. The molecule has 0 amide bonds. The van der Waals surface area contributed by atoms with Gasteiger partial charge in [0.2, 0.25) is 10.0 Å². The van der Waals surface area contributed by atoms with E-state index >= 15 is 0 Å². The predicted molar refractivity (Wildman–Crippen MR) is 85.2 cm³/mol. The van der Waals surface area contributed by atoms with Crippen molar-refractivity contribution in [3.63, 3.8) is 0 Å². The van der Waals surface area contributed by atoms with Crippen molar-refractivity contribution in [3.05, 3.63) is 15.8 Å². The smallest absolute Gasteiger partial charge is 0.242 e. The second-order valence-electron chi connectivity index (χ2n) is 5.78. The highest BCUT2D eigenvalue weighted by molar-refractivity contribution is 7.89. The zero-order valence-electron chi connectivity index (χ0n) is 12.9. The average Bonchev–Trinajstić information content (AvgIpc) is 2.96. The van der Waals surface area contributed by atoms with E-state index in [0.29, 0.717) is 24.5 Å². The van der Waals surface area contributed by atoms with Crippen molar-refractivity contribution in [1.29, 1.82) is 0 Å².